The van der Waals surface area contributed by atoms with Gasteiger partial charge in [0.05, 0.1) is 71.8 Å². The Morgan fingerprint density at radius 3 is 0.893 bits per heavy atom. The van der Waals surface area contributed by atoms with E-state index in [1.54, 1.807) is 12.1 Å². The van der Waals surface area contributed by atoms with Gasteiger partial charge in [0.25, 0.3) is 35.4 Å². The van der Waals surface area contributed by atoms with Crippen molar-refractivity contribution >= 4 is 259 Å². The van der Waals surface area contributed by atoms with Crippen LogP contribution in [0.2, 0.25) is 0 Å². The number of aromatic nitrogens is 4. The molecule has 0 saturated carbocycles. The van der Waals surface area contributed by atoms with Crippen molar-refractivity contribution in [2.75, 3.05) is 19.6 Å². The molecule has 0 fully saturated rings. The molecule has 0 radical (unpaired) electrons. The normalized spacial score (nSPS) is 13.9. The third kappa shape index (κ3) is 21.0. The quantitative estimate of drug-likeness (QED) is 0.0284. The summed E-state index contributed by atoms with van der Waals surface area (Å²) in [6, 6.07) is 70.1. The Balaban J connectivity index is 0.000000143. The number of hydrogen-bond donors (Lipinski definition) is 0. The average Bonchev–Trinajstić information content (AvgIpc) is 1.55. The van der Waals surface area contributed by atoms with Gasteiger partial charge >= 0.3 is 35.0 Å². The first-order valence-electron chi connectivity index (χ1n) is 40.3. The molecule has 5 aliphatic rings. The van der Waals surface area contributed by atoms with Gasteiger partial charge in [0.2, 0.25) is 0 Å². The van der Waals surface area contributed by atoms with Crippen LogP contribution in [0.15, 0.2) is 227 Å². The number of aryl methyl sites for hydroxylation is 1. The Hall–Kier alpha value is -7.38. The van der Waals surface area contributed by atoms with E-state index in [0.717, 1.165) is 136 Å². The first kappa shape index (κ1) is 92.3. The number of rotatable bonds is 26. The Kier molecular flexibility index (Phi) is 33.8. The molecule has 5 aromatic heterocycles. The zero-order valence-corrected chi connectivity index (χ0v) is 81.6. The Morgan fingerprint density at radius 2 is 0.631 bits per heavy atom. The van der Waals surface area contributed by atoms with Gasteiger partial charge in [-0.3, -0.25) is 43.5 Å². The summed E-state index contributed by atoms with van der Waals surface area (Å²) >= 11 is 15.3. The maximum Gasteiger partial charge on any atom is -0.0134 e. The number of amides is 6. The standard InChI is InChI=1S/C34H36N6O4S4.2C18H15P.C15H21NO2S.C6Br2N4S2.2ClH.Pd/c1-5-9-11-17(7-3)15-39-31(41)19-13-21(45-29(19)33(39)43)23-25-27(37-47-35-25)24(28-26(23)36-48-38-28)22-14-20-30(46-22)34(44)40(32(20)42)16-18(8-4)12-10-6-2;2*1-4-10-16(11-5-1)19(17-12-6-2-7-13-17)18-14-8-3-9-15-18;1-4-6-7-11(5-2)9-16-14(17)12-8-10(3)19-13(12)15(16)18;7-1-3-5(11-13-9-3)2(8)6-4(1)10-14-12-6;;;/h13-14,17-18H,5-12,15-16H2,1-4H3;2*1-15H;8,11H,4-7,9H2,1-3H3;;2*1H;/q;;;;;;;+2/p-2. The Morgan fingerprint density at radius 1 is 0.369 bits per heavy atom. The zero-order valence-electron chi connectivity index (χ0n) is 67.8. The van der Waals surface area contributed by atoms with Gasteiger partial charge in [-0.05, 0) is 142 Å². The van der Waals surface area contributed by atoms with E-state index in [1.165, 1.54) is 104 Å². The molecule has 5 aliphatic heterocycles. The molecule has 18 rings (SSSR count). The summed E-state index contributed by atoms with van der Waals surface area (Å²) in [6.07, 6.45) is 12.5. The number of nitrogens with zero attached hydrogens (tertiary/aromatic N) is 11. The molecule has 31 heteroatoms. The second kappa shape index (κ2) is 44.7. The second-order valence-corrected chi connectivity index (χ2v) is 43.0. The van der Waals surface area contributed by atoms with Crippen LogP contribution in [0.1, 0.15) is 184 Å². The van der Waals surface area contributed by atoms with E-state index in [1.807, 2.05) is 13.0 Å². The van der Waals surface area contributed by atoms with Crippen molar-refractivity contribution in [1.82, 2.24) is 32.2 Å². The average molecular weight is 2050 g/mol. The van der Waals surface area contributed by atoms with Crippen LogP contribution in [-0.2, 0) is 38.6 Å². The van der Waals surface area contributed by atoms with Crippen molar-refractivity contribution in [3.8, 4) is 20.9 Å². The molecule has 17 nitrogen and oxygen atoms in total. The minimum atomic E-state index is -0.446. The number of hydrogen-bond acceptors (Lipinski definition) is 19. The molecule has 0 spiro atoms. The number of carbonyl (C=O) groups is 6. The molecule has 8 aromatic carbocycles. The van der Waals surface area contributed by atoms with E-state index in [0.29, 0.717) is 100 Å². The maximum atomic E-state index is 13.5. The van der Waals surface area contributed by atoms with E-state index >= 15 is 0 Å². The first-order valence-corrected chi connectivity index (χ1v) is 54.0. The van der Waals surface area contributed by atoms with Gasteiger partial charge in [-0.25, -0.2) is 0 Å². The minimum absolute atomic E-state index is 0.0898. The molecule has 632 valence electrons. The van der Waals surface area contributed by atoms with Gasteiger partial charge in [0.1, 0.15) is 59.4 Å². The SMILES string of the molecule is Brc1c2c(c(Br)c3nsnc13)N=S=N2.CCCCC(CC)CN1C(=O)c2cc(-c3c4c(c(-c5cc6c(s5)C(=O)N(CC(CC)CCCC)C6=O)c5nsnc35)N=S=N4)sc2C1=O.CCCCC(CC)CN1C(=O)c2cc(C)sc2C1=O.[Cl][Pd][Cl].c1ccc(P(c2ccccc2)c2ccccc2)cc1.c1ccc(P(c2ccccc2)c2ccccc2)cc1. The summed E-state index contributed by atoms with van der Waals surface area (Å²) < 4.78 is 37.2. The molecule has 0 N–H and O–H groups in total. The summed E-state index contributed by atoms with van der Waals surface area (Å²) in [6.45, 7) is 16.2. The first-order chi connectivity index (χ1) is 59.5. The van der Waals surface area contributed by atoms with Crippen molar-refractivity contribution in [1.29, 1.82) is 0 Å². The zero-order chi connectivity index (χ0) is 85.9. The monoisotopic (exact) mass is 2050 g/mol. The summed E-state index contributed by atoms with van der Waals surface area (Å²) in [4.78, 5) is 86.8. The van der Waals surface area contributed by atoms with E-state index < -0.39 is 15.8 Å². The van der Waals surface area contributed by atoms with Gasteiger partial charge in [-0.1, -0.05) is 281 Å². The molecular weight excluding hydrogens is 1970 g/mol. The fourth-order valence-corrected chi connectivity index (χ4v) is 26.5. The fourth-order valence-electron chi connectivity index (χ4n) is 14.9. The van der Waals surface area contributed by atoms with E-state index in [9.17, 15) is 28.8 Å². The molecule has 0 aliphatic carbocycles. The van der Waals surface area contributed by atoms with Gasteiger partial charge in [-0.2, -0.15) is 34.9 Å². The number of fused-ring (bicyclic) bond motifs is 7. The predicted octanol–water partition coefficient (Wildman–Crippen LogP) is 25.6. The van der Waals surface area contributed by atoms with Crippen LogP contribution >= 0.6 is 124 Å². The molecule has 13 aromatic rings. The Bertz CT molecular complexity index is 5450. The van der Waals surface area contributed by atoms with E-state index in [-0.39, 0.29) is 63.2 Å². The van der Waals surface area contributed by atoms with Gasteiger partial charge < -0.3 is 0 Å². The van der Waals surface area contributed by atoms with E-state index in [2.05, 4.69) is 290 Å². The second-order valence-electron chi connectivity index (χ2n) is 29.2. The fraction of sp³-hybridized carbons (Fsp3) is 0.275. The molecular formula is C91H87Br2Cl2N11O6P2PdS7. The number of halogens is 4. The largest absolute Gasteiger partial charge is 0.0622 e. The van der Waals surface area contributed by atoms with Crippen LogP contribution in [0.25, 0.3) is 42.9 Å². The summed E-state index contributed by atoms with van der Waals surface area (Å²) in [7, 11) is 8.74. The number of carbonyl (C=O) groups excluding carboxylic acids is 6. The molecule has 10 heterocycles. The smallest absolute Gasteiger partial charge is 0.0134 e. The third-order valence-electron chi connectivity index (χ3n) is 21.3. The van der Waals surface area contributed by atoms with Crippen molar-refractivity contribution in [2.24, 2.45) is 35.2 Å². The van der Waals surface area contributed by atoms with Gasteiger partial charge in [-0.15, -0.1) is 34.0 Å². The predicted molar refractivity (Wildman–Crippen MR) is 517 cm³/mol. The van der Waals surface area contributed by atoms with Gasteiger partial charge in [0, 0.05) is 45.4 Å². The molecule has 6 amide bonds. The van der Waals surface area contributed by atoms with Gasteiger partial charge in [0.15, 0.2) is 0 Å². The van der Waals surface area contributed by atoms with Crippen molar-refractivity contribution in [3.63, 3.8) is 0 Å². The van der Waals surface area contributed by atoms with Crippen LogP contribution in [-0.4, -0.2) is 87.3 Å². The molecule has 3 unspecified atom stereocenters. The summed E-state index contributed by atoms with van der Waals surface area (Å²) in [5.41, 5.74) is 8.51. The number of imide groups is 3. The molecule has 0 bridgehead atoms. The number of unbranched alkanes of at least 4 members (excludes halogenated alkanes) is 3. The van der Waals surface area contributed by atoms with Crippen LogP contribution in [0, 0.1) is 24.7 Å². The van der Waals surface area contributed by atoms with Crippen LogP contribution in [0.5, 0.6) is 0 Å². The van der Waals surface area contributed by atoms with E-state index in [4.69, 9.17) is 19.1 Å². The topological polar surface area (TPSA) is 213 Å². The minimum Gasteiger partial charge on any atom is -0.0622 e. The number of benzene rings is 8. The molecule has 3 atom stereocenters. The van der Waals surface area contributed by atoms with Crippen molar-refractivity contribution < 1.29 is 44.7 Å². The maximum absolute atomic E-state index is 13.5. The summed E-state index contributed by atoms with van der Waals surface area (Å²) in [5.74, 6) is -0.183. The van der Waals surface area contributed by atoms with Crippen molar-refractivity contribution in [2.45, 2.75) is 126 Å². The number of thiophene rings is 3. The Labute approximate surface area is 774 Å². The molecule has 122 heavy (non-hydrogen) atoms. The third-order valence-corrected chi connectivity index (χ3v) is 33.2. The van der Waals surface area contributed by atoms with Crippen molar-refractivity contribution in [3.05, 3.63) is 245 Å². The van der Waals surface area contributed by atoms with Crippen LogP contribution in [0.3, 0.4) is 0 Å². The summed E-state index contributed by atoms with van der Waals surface area (Å²) in [5, 5.41) is 8.39. The van der Waals surface area contributed by atoms with Crippen LogP contribution < -0.4 is 31.8 Å². The molecule has 0 saturated heterocycles. The van der Waals surface area contributed by atoms with Crippen LogP contribution in [0.4, 0.5) is 22.7 Å².